The minimum Gasteiger partial charge on any atom is -0.352 e. The molecule has 1 aromatic rings. The van der Waals surface area contributed by atoms with Gasteiger partial charge in [0.05, 0.1) is 5.56 Å². The van der Waals surface area contributed by atoms with E-state index in [0.717, 1.165) is 16.9 Å². The molecule has 0 spiro atoms. The van der Waals surface area contributed by atoms with Gasteiger partial charge in [-0.3, -0.25) is 4.79 Å². The minimum atomic E-state index is -0.0392. The second kappa shape index (κ2) is 4.76. The zero-order valence-electron chi connectivity index (χ0n) is 8.97. The predicted octanol–water partition coefficient (Wildman–Crippen LogP) is 3.49. The molecule has 86 valence electrons. The maximum Gasteiger partial charge on any atom is 0.252 e. The SMILES string of the molecule is CC1CC1CNC(=O)c1ccc(Cl)cc1Br. The highest BCUT2D eigenvalue weighted by Crippen LogP contribution is 2.36. The monoisotopic (exact) mass is 301 g/mol. The van der Waals surface area contributed by atoms with Crippen LogP contribution in [0.3, 0.4) is 0 Å². The molecule has 0 heterocycles. The van der Waals surface area contributed by atoms with E-state index >= 15 is 0 Å². The molecule has 2 nitrogen and oxygen atoms in total. The van der Waals surface area contributed by atoms with Crippen molar-refractivity contribution in [3.8, 4) is 0 Å². The molecule has 1 aliphatic carbocycles. The largest absolute Gasteiger partial charge is 0.352 e. The molecule has 2 atom stereocenters. The summed E-state index contributed by atoms with van der Waals surface area (Å²) in [5.41, 5.74) is 0.637. The van der Waals surface area contributed by atoms with Gasteiger partial charge in [-0.25, -0.2) is 0 Å². The Kier molecular flexibility index (Phi) is 3.55. The van der Waals surface area contributed by atoms with E-state index < -0.39 is 0 Å². The van der Waals surface area contributed by atoms with E-state index in [1.54, 1.807) is 18.2 Å². The zero-order chi connectivity index (χ0) is 11.7. The summed E-state index contributed by atoms with van der Waals surface area (Å²) in [6, 6.07) is 5.19. The van der Waals surface area contributed by atoms with Crippen molar-refractivity contribution in [3.05, 3.63) is 33.3 Å². The van der Waals surface area contributed by atoms with Gasteiger partial charge in [-0.2, -0.15) is 0 Å². The first-order valence-electron chi connectivity index (χ1n) is 5.31. The molecule has 1 aliphatic rings. The molecule has 1 amide bonds. The lowest BCUT2D eigenvalue weighted by atomic mass is 10.2. The smallest absolute Gasteiger partial charge is 0.252 e. The van der Waals surface area contributed by atoms with Crippen LogP contribution in [0.15, 0.2) is 22.7 Å². The topological polar surface area (TPSA) is 29.1 Å². The summed E-state index contributed by atoms with van der Waals surface area (Å²) in [5.74, 6) is 1.38. The van der Waals surface area contributed by atoms with Gasteiger partial charge in [-0.1, -0.05) is 18.5 Å². The zero-order valence-corrected chi connectivity index (χ0v) is 11.3. The fraction of sp³-hybridized carbons (Fsp3) is 0.417. The van der Waals surface area contributed by atoms with Crippen LogP contribution in [-0.4, -0.2) is 12.5 Å². The summed E-state index contributed by atoms with van der Waals surface area (Å²) in [7, 11) is 0. The normalized spacial score (nSPS) is 22.9. The quantitative estimate of drug-likeness (QED) is 0.910. The van der Waals surface area contributed by atoms with Crippen molar-refractivity contribution < 1.29 is 4.79 Å². The third kappa shape index (κ3) is 2.77. The summed E-state index contributed by atoms with van der Waals surface area (Å²) >= 11 is 9.15. The molecule has 1 fully saturated rings. The summed E-state index contributed by atoms with van der Waals surface area (Å²) in [6.45, 7) is 2.98. The van der Waals surface area contributed by atoms with Crippen molar-refractivity contribution in [1.82, 2.24) is 5.32 Å². The van der Waals surface area contributed by atoms with Gasteiger partial charge in [-0.15, -0.1) is 0 Å². The van der Waals surface area contributed by atoms with Gasteiger partial charge in [0.2, 0.25) is 0 Å². The predicted molar refractivity (Wildman–Crippen MR) is 68.8 cm³/mol. The molecule has 0 aromatic heterocycles. The number of rotatable bonds is 3. The Hall–Kier alpha value is -0.540. The van der Waals surface area contributed by atoms with Crippen molar-refractivity contribution >= 4 is 33.4 Å². The van der Waals surface area contributed by atoms with Crippen molar-refractivity contribution in [2.75, 3.05) is 6.54 Å². The van der Waals surface area contributed by atoms with Gasteiger partial charge < -0.3 is 5.32 Å². The van der Waals surface area contributed by atoms with E-state index in [2.05, 4.69) is 28.2 Å². The van der Waals surface area contributed by atoms with E-state index in [-0.39, 0.29) is 5.91 Å². The minimum absolute atomic E-state index is 0.0392. The number of amides is 1. The number of nitrogens with one attached hydrogen (secondary N) is 1. The van der Waals surface area contributed by atoms with Gasteiger partial charge in [0.25, 0.3) is 5.91 Å². The Labute approximate surface area is 108 Å². The molecule has 1 N–H and O–H groups in total. The molecule has 2 rings (SSSR count). The van der Waals surface area contributed by atoms with Crippen molar-refractivity contribution in [1.29, 1.82) is 0 Å². The maximum atomic E-state index is 11.8. The second-order valence-electron chi connectivity index (χ2n) is 4.31. The lowest BCUT2D eigenvalue weighted by molar-refractivity contribution is 0.0950. The van der Waals surface area contributed by atoms with Crippen molar-refractivity contribution in [3.63, 3.8) is 0 Å². The summed E-state index contributed by atoms with van der Waals surface area (Å²) in [6.07, 6.45) is 1.22. The highest BCUT2D eigenvalue weighted by Gasteiger charge is 2.32. The Morgan fingerprint density at radius 1 is 1.62 bits per heavy atom. The van der Waals surface area contributed by atoms with E-state index in [1.807, 2.05) is 0 Å². The van der Waals surface area contributed by atoms with Crippen LogP contribution < -0.4 is 5.32 Å². The van der Waals surface area contributed by atoms with Gasteiger partial charge in [0, 0.05) is 16.0 Å². The highest BCUT2D eigenvalue weighted by atomic mass is 79.9. The van der Waals surface area contributed by atoms with Gasteiger partial charge >= 0.3 is 0 Å². The third-order valence-electron chi connectivity index (χ3n) is 2.98. The molecular formula is C12H13BrClNO. The Balaban J connectivity index is 1.97. The molecule has 0 radical (unpaired) electrons. The average molecular weight is 303 g/mol. The first-order chi connectivity index (χ1) is 7.58. The molecule has 16 heavy (non-hydrogen) atoms. The van der Waals surface area contributed by atoms with Gasteiger partial charge in [0.15, 0.2) is 0 Å². The van der Waals surface area contributed by atoms with E-state index in [4.69, 9.17) is 11.6 Å². The number of halogens is 2. The fourth-order valence-corrected chi connectivity index (χ4v) is 2.54. The third-order valence-corrected chi connectivity index (χ3v) is 3.87. The van der Waals surface area contributed by atoms with Crippen LogP contribution in [0.1, 0.15) is 23.7 Å². The lowest BCUT2D eigenvalue weighted by Crippen LogP contribution is -2.26. The highest BCUT2D eigenvalue weighted by molar-refractivity contribution is 9.10. The summed E-state index contributed by atoms with van der Waals surface area (Å²) < 4.78 is 0.737. The van der Waals surface area contributed by atoms with Crippen LogP contribution in [0.5, 0.6) is 0 Å². The van der Waals surface area contributed by atoms with Crippen LogP contribution in [-0.2, 0) is 0 Å². The number of hydrogen-bond acceptors (Lipinski definition) is 1. The summed E-state index contributed by atoms with van der Waals surface area (Å²) in [4.78, 5) is 11.8. The molecule has 2 unspecified atom stereocenters. The van der Waals surface area contributed by atoms with E-state index in [9.17, 15) is 4.79 Å². The Morgan fingerprint density at radius 3 is 2.88 bits per heavy atom. The van der Waals surface area contributed by atoms with E-state index in [1.165, 1.54) is 6.42 Å². The van der Waals surface area contributed by atoms with Crippen LogP contribution in [0.4, 0.5) is 0 Å². The van der Waals surface area contributed by atoms with Gasteiger partial charge in [-0.05, 0) is 52.4 Å². The Bertz CT molecular complexity index is 421. The molecular weight excluding hydrogens is 289 g/mol. The summed E-state index contributed by atoms with van der Waals surface area (Å²) in [5, 5.41) is 3.56. The Morgan fingerprint density at radius 2 is 2.31 bits per heavy atom. The molecule has 0 saturated heterocycles. The van der Waals surface area contributed by atoms with Crippen molar-refractivity contribution in [2.24, 2.45) is 11.8 Å². The first kappa shape index (κ1) is 11.9. The van der Waals surface area contributed by atoms with Crippen LogP contribution in [0, 0.1) is 11.8 Å². The maximum absolute atomic E-state index is 11.8. The number of benzene rings is 1. The van der Waals surface area contributed by atoms with Crippen molar-refractivity contribution in [2.45, 2.75) is 13.3 Å². The average Bonchev–Trinajstić information content (AvgIpc) is 2.91. The van der Waals surface area contributed by atoms with E-state index in [0.29, 0.717) is 16.5 Å². The number of carbonyl (C=O) groups excluding carboxylic acids is 1. The fourth-order valence-electron chi connectivity index (χ4n) is 1.68. The number of carbonyl (C=O) groups is 1. The van der Waals surface area contributed by atoms with Crippen LogP contribution in [0.2, 0.25) is 5.02 Å². The second-order valence-corrected chi connectivity index (χ2v) is 5.60. The van der Waals surface area contributed by atoms with Crippen LogP contribution >= 0.6 is 27.5 Å². The number of hydrogen-bond donors (Lipinski definition) is 1. The lowest BCUT2D eigenvalue weighted by Gasteiger charge is -2.06. The van der Waals surface area contributed by atoms with Gasteiger partial charge in [0.1, 0.15) is 0 Å². The van der Waals surface area contributed by atoms with Crippen LogP contribution in [0.25, 0.3) is 0 Å². The molecule has 1 aromatic carbocycles. The molecule has 1 saturated carbocycles. The first-order valence-corrected chi connectivity index (χ1v) is 6.48. The molecule has 4 heteroatoms. The molecule has 0 aliphatic heterocycles. The molecule has 0 bridgehead atoms. The standard InChI is InChI=1S/C12H13BrClNO/c1-7-4-8(7)6-15-12(16)10-3-2-9(14)5-11(10)13/h2-3,5,7-8H,4,6H2,1H3,(H,15,16).